The first kappa shape index (κ1) is 15.6. The van der Waals surface area contributed by atoms with E-state index in [2.05, 4.69) is 17.1 Å². The van der Waals surface area contributed by atoms with Crippen molar-refractivity contribution in [3.8, 4) is 5.75 Å². The van der Waals surface area contributed by atoms with Crippen LogP contribution < -0.4 is 0 Å². The first-order valence-corrected chi connectivity index (χ1v) is 8.64. The molecule has 0 spiro atoms. The van der Waals surface area contributed by atoms with Crippen molar-refractivity contribution in [2.24, 2.45) is 4.99 Å². The topological polar surface area (TPSA) is 32.6 Å². The molecule has 0 aliphatic rings. The van der Waals surface area contributed by atoms with Gasteiger partial charge in [0.05, 0.1) is 0 Å². The number of aliphatic imine (C=N–C) groups is 1. The van der Waals surface area contributed by atoms with Crippen molar-refractivity contribution in [1.82, 2.24) is 0 Å². The van der Waals surface area contributed by atoms with Gasteiger partial charge in [0, 0.05) is 33.9 Å². The summed E-state index contributed by atoms with van der Waals surface area (Å²) in [4.78, 5) is 5.87. The van der Waals surface area contributed by atoms with E-state index in [1.54, 1.807) is 11.8 Å². The Morgan fingerprint density at radius 3 is 2.52 bits per heavy atom. The highest BCUT2D eigenvalue weighted by Gasteiger charge is 2.08. The second-order valence-electron chi connectivity index (χ2n) is 5.31. The lowest BCUT2D eigenvalue weighted by Gasteiger charge is -2.08. The third-order valence-electron chi connectivity index (χ3n) is 3.74. The van der Waals surface area contributed by atoms with Crippen LogP contribution in [0.3, 0.4) is 0 Å². The van der Waals surface area contributed by atoms with Crippen molar-refractivity contribution in [3.63, 3.8) is 0 Å². The van der Waals surface area contributed by atoms with Gasteiger partial charge >= 0.3 is 0 Å². The first-order chi connectivity index (χ1) is 11.3. The molecule has 0 bridgehead atoms. The van der Waals surface area contributed by atoms with Gasteiger partial charge in [0.2, 0.25) is 0 Å². The SMILES string of the molecule is CC(=NCCSc1ccccc1)c1ccc2ccccc2c1O. The van der Waals surface area contributed by atoms with Crippen molar-refractivity contribution in [2.75, 3.05) is 12.3 Å². The van der Waals surface area contributed by atoms with E-state index in [4.69, 9.17) is 0 Å². The number of phenols is 1. The van der Waals surface area contributed by atoms with Crippen LogP contribution in [0.15, 0.2) is 76.6 Å². The Labute approximate surface area is 140 Å². The molecular formula is C20H19NOS. The van der Waals surface area contributed by atoms with Gasteiger partial charge in [-0.05, 0) is 30.5 Å². The van der Waals surface area contributed by atoms with Gasteiger partial charge in [-0.15, -0.1) is 11.8 Å². The number of rotatable bonds is 5. The maximum Gasteiger partial charge on any atom is 0.132 e. The van der Waals surface area contributed by atoms with Gasteiger partial charge in [-0.25, -0.2) is 0 Å². The Balaban J connectivity index is 1.70. The van der Waals surface area contributed by atoms with Gasteiger partial charge < -0.3 is 5.11 Å². The number of aromatic hydroxyl groups is 1. The Morgan fingerprint density at radius 2 is 1.70 bits per heavy atom. The number of hydrogen-bond donors (Lipinski definition) is 1. The predicted octanol–water partition coefficient (Wildman–Crippen LogP) is 5.15. The summed E-state index contributed by atoms with van der Waals surface area (Å²) in [5.74, 6) is 1.25. The van der Waals surface area contributed by atoms with Crippen LogP contribution >= 0.6 is 11.8 Å². The highest BCUT2D eigenvalue weighted by Crippen LogP contribution is 2.29. The lowest BCUT2D eigenvalue weighted by Crippen LogP contribution is -1.98. The van der Waals surface area contributed by atoms with E-state index in [9.17, 15) is 5.11 Å². The van der Waals surface area contributed by atoms with Crippen molar-refractivity contribution >= 4 is 28.2 Å². The molecule has 0 amide bonds. The molecule has 0 aliphatic heterocycles. The lowest BCUT2D eigenvalue weighted by molar-refractivity contribution is 0.480. The number of phenolic OH excluding ortho intramolecular Hbond substituents is 1. The largest absolute Gasteiger partial charge is 0.507 e. The van der Waals surface area contributed by atoms with Gasteiger partial charge in [-0.3, -0.25) is 4.99 Å². The lowest BCUT2D eigenvalue weighted by atomic mass is 10.0. The molecule has 0 fully saturated rings. The van der Waals surface area contributed by atoms with Crippen LogP contribution in [0.4, 0.5) is 0 Å². The van der Waals surface area contributed by atoms with Crippen molar-refractivity contribution in [1.29, 1.82) is 0 Å². The van der Waals surface area contributed by atoms with E-state index in [0.717, 1.165) is 34.3 Å². The zero-order valence-corrected chi connectivity index (χ0v) is 13.9. The van der Waals surface area contributed by atoms with E-state index >= 15 is 0 Å². The van der Waals surface area contributed by atoms with Crippen LogP contribution in [-0.2, 0) is 0 Å². The highest BCUT2D eigenvalue weighted by atomic mass is 32.2. The van der Waals surface area contributed by atoms with E-state index in [1.165, 1.54) is 4.90 Å². The Bertz CT molecular complexity index is 827. The molecule has 0 aliphatic carbocycles. The molecule has 0 atom stereocenters. The summed E-state index contributed by atoms with van der Waals surface area (Å²) in [6.07, 6.45) is 0. The molecule has 3 aromatic rings. The normalized spacial score (nSPS) is 11.8. The van der Waals surface area contributed by atoms with Crippen LogP contribution in [0, 0.1) is 0 Å². The van der Waals surface area contributed by atoms with Crippen LogP contribution in [0.5, 0.6) is 5.75 Å². The second kappa shape index (κ2) is 7.34. The van der Waals surface area contributed by atoms with Gasteiger partial charge in [-0.1, -0.05) is 48.5 Å². The molecule has 0 saturated carbocycles. The third kappa shape index (κ3) is 3.74. The molecule has 3 heteroatoms. The minimum absolute atomic E-state index is 0.320. The van der Waals surface area contributed by atoms with Gasteiger partial charge in [0.15, 0.2) is 0 Å². The molecule has 0 heterocycles. The van der Waals surface area contributed by atoms with Crippen molar-refractivity contribution in [3.05, 3.63) is 72.3 Å². The fraction of sp³-hybridized carbons (Fsp3) is 0.150. The van der Waals surface area contributed by atoms with Crippen molar-refractivity contribution in [2.45, 2.75) is 11.8 Å². The average Bonchev–Trinajstić information content (AvgIpc) is 2.60. The van der Waals surface area contributed by atoms with Gasteiger partial charge in [0.25, 0.3) is 0 Å². The van der Waals surface area contributed by atoms with E-state index < -0.39 is 0 Å². The zero-order chi connectivity index (χ0) is 16.1. The molecule has 2 nitrogen and oxygen atoms in total. The summed E-state index contributed by atoms with van der Waals surface area (Å²) < 4.78 is 0. The Hall–Kier alpha value is -2.26. The third-order valence-corrected chi connectivity index (χ3v) is 4.73. The van der Waals surface area contributed by atoms with Crippen LogP contribution in [-0.4, -0.2) is 23.1 Å². The molecule has 1 N–H and O–H groups in total. The predicted molar refractivity (Wildman–Crippen MR) is 99.9 cm³/mol. The molecule has 3 aromatic carbocycles. The Kier molecular flexibility index (Phi) is 4.99. The molecule has 0 saturated heterocycles. The monoisotopic (exact) mass is 321 g/mol. The number of benzene rings is 3. The van der Waals surface area contributed by atoms with E-state index in [-0.39, 0.29) is 0 Å². The van der Waals surface area contributed by atoms with E-state index in [0.29, 0.717) is 5.75 Å². The summed E-state index contributed by atoms with van der Waals surface area (Å²) in [7, 11) is 0. The summed E-state index contributed by atoms with van der Waals surface area (Å²) in [5.41, 5.74) is 1.69. The minimum atomic E-state index is 0.320. The number of hydrogen-bond acceptors (Lipinski definition) is 3. The molecule has 0 aromatic heterocycles. The zero-order valence-electron chi connectivity index (χ0n) is 13.1. The van der Waals surface area contributed by atoms with Gasteiger partial charge in [-0.2, -0.15) is 0 Å². The van der Waals surface area contributed by atoms with Crippen molar-refractivity contribution < 1.29 is 5.11 Å². The second-order valence-corrected chi connectivity index (χ2v) is 6.48. The highest BCUT2D eigenvalue weighted by molar-refractivity contribution is 7.99. The average molecular weight is 321 g/mol. The number of thioether (sulfide) groups is 1. The molecule has 116 valence electrons. The summed E-state index contributed by atoms with van der Waals surface area (Å²) >= 11 is 1.79. The first-order valence-electron chi connectivity index (χ1n) is 7.65. The van der Waals surface area contributed by atoms with Crippen LogP contribution in [0.25, 0.3) is 10.8 Å². The summed E-state index contributed by atoms with van der Waals surface area (Å²) in [6.45, 7) is 2.69. The van der Waals surface area contributed by atoms with Crippen LogP contribution in [0.1, 0.15) is 12.5 Å². The minimum Gasteiger partial charge on any atom is -0.507 e. The number of nitrogens with zero attached hydrogens (tertiary/aromatic N) is 1. The molecule has 3 rings (SSSR count). The van der Waals surface area contributed by atoms with Crippen LogP contribution in [0.2, 0.25) is 0 Å². The Morgan fingerprint density at radius 1 is 0.957 bits per heavy atom. The smallest absolute Gasteiger partial charge is 0.132 e. The molecular weight excluding hydrogens is 302 g/mol. The standard InChI is InChI=1S/C20H19NOS/c1-15(21-13-14-23-17-8-3-2-4-9-17)18-12-11-16-7-5-6-10-19(16)20(18)22/h2-12,22H,13-14H2,1H3. The maximum atomic E-state index is 10.5. The maximum absolute atomic E-state index is 10.5. The van der Waals surface area contributed by atoms with Gasteiger partial charge in [0.1, 0.15) is 5.75 Å². The van der Waals surface area contributed by atoms with E-state index in [1.807, 2.05) is 61.5 Å². The number of fused-ring (bicyclic) bond motifs is 1. The summed E-state index contributed by atoms with van der Waals surface area (Å²) in [5, 5.41) is 12.4. The quantitative estimate of drug-likeness (QED) is 0.400. The molecule has 0 unspecified atom stereocenters. The fourth-order valence-corrected chi connectivity index (χ4v) is 3.29. The molecule has 23 heavy (non-hydrogen) atoms. The fourth-order valence-electron chi connectivity index (χ4n) is 2.53. The summed E-state index contributed by atoms with van der Waals surface area (Å²) in [6, 6.07) is 22.2. The molecule has 0 radical (unpaired) electrons.